The van der Waals surface area contributed by atoms with Crippen LogP contribution in [-0.4, -0.2) is 13.7 Å². The van der Waals surface area contributed by atoms with Crippen LogP contribution in [0.5, 0.6) is 0 Å². The van der Waals surface area contributed by atoms with Gasteiger partial charge in [-0.05, 0) is 23.6 Å². The second kappa shape index (κ2) is 5.80. The molecule has 0 unspecified atom stereocenters. The van der Waals surface area contributed by atoms with Crippen LogP contribution in [0.4, 0.5) is 14.5 Å². The van der Waals surface area contributed by atoms with Crippen molar-refractivity contribution in [3.05, 3.63) is 53.6 Å². The average Bonchev–Trinajstić information content (AvgIpc) is 2.41. The van der Waals surface area contributed by atoms with Gasteiger partial charge in [0, 0.05) is 18.7 Å². The number of anilines is 1. The number of nitrogens with two attached hydrogens (primary N) is 1. The van der Waals surface area contributed by atoms with Crippen LogP contribution in [0.3, 0.4) is 0 Å². The van der Waals surface area contributed by atoms with Gasteiger partial charge in [0.25, 0.3) is 0 Å². The van der Waals surface area contributed by atoms with Crippen molar-refractivity contribution >= 4 is 5.69 Å². The van der Waals surface area contributed by atoms with Crippen molar-refractivity contribution in [2.75, 3.05) is 19.5 Å². The van der Waals surface area contributed by atoms with E-state index in [9.17, 15) is 8.78 Å². The summed E-state index contributed by atoms with van der Waals surface area (Å²) in [6, 6.07) is 9.40. The van der Waals surface area contributed by atoms with Gasteiger partial charge in [0.15, 0.2) is 0 Å². The highest BCUT2D eigenvalue weighted by molar-refractivity contribution is 5.67. The van der Waals surface area contributed by atoms with E-state index in [0.717, 1.165) is 24.1 Å². The first-order valence-electron chi connectivity index (χ1n) is 5.94. The van der Waals surface area contributed by atoms with E-state index < -0.39 is 11.6 Å². The maximum Gasteiger partial charge on any atom is 0.146 e. The smallest absolute Gasteiger partial charge is 0.146 e. The fourth-order valence-electron chi connectivity index (χ4n) is 1.85. The Bertz CT molecular complexity index is 567. The van der Waals surface area contributed by atoms with Gasteiger partial charge in [-0.15, -0.1) is 0 Å². The van der Waals surface area contributed by atoms with E-state index in [1.165, 1.54) is 0 Å². The van der Waals surface area contributed by atoms with Crippen molar-refractivity contribution in [3.8, 4) is 11.1 Å². The molecule has 100 valence electrons. The summed E-state index contributed by atoms with van der Waals surface area (Å²) in [6.07, 6.45) is 0.787. The van der Waals surface area contributed by atoms with Crippen molar-refractivity contribution in [1.82, 2.24) is 0 Å². The van der Waals surface area contributed by atoms with Crippen molar-refractivity contribution < 1.29 is 13.5 Å². The van der Waals surface area contributed by atoms with Crippen LogP contribution in [0.1, 0.15) is 5.56 Å². The molecular weight excluding hydrogens is 248 g/mol. The van der Waals surface area contributed by atoms with Crippen LogP contribution in [0.2, 0.25) is 0 Å². The molecule has 0 aliphatic rings. The van der Waals surface area contributed by atoms with E-state index in [2.05, 4.69) is 0 Å². The molecule has 0 aromatic heterocycles. The molecule has 0 saturated heterocycles. The minimum Gasteiger partial charge on any atom is -0.396 e. The molecule has 0 spiro atoms. The second-order valence-corrected chi connectivity index (χ2v) is 4.29. The summed E-state index contributed by atoms with van der Waals surface area (Å²) in [7, 11) is 1.64. The number of methoxy groups -OCH3 is 1. The van der Waals surface area contributed by atoms with Crippen LogP contribution in [0.25, 0.3) is 11.1 Å². The summed E-state index contributed by atoms with van der Waals surface area (Å²) in [4.78, 5) is 0. The molecule has 0 heterocycles. The molecule has 0 fully saturated rings. The predicted molar refractivity (Wildman–Crippen MR) is 71.8 cm³/mol. The lowest BCUT2D eigenvalue weighted by Gasteiger charge is -2.07. The number of hydrogen-bond acceptors (Lipinski definition) is 2. The summed E-state index contributed by atoms with van der Waals surface area (Å²) >= 11 is 0. The maximum absolute atomic E-state index is 13.8. The first-order chi connectivity index (χ1) is 9.11. The lowest BCUT2D eigenvalue weighted by atomic mass is 10.0. The van der Waals surface area contributed by atoms with Crippen LogP contribution in [0.15, 0.2) is 36.4 Å². The molecule has 0 amide bonds. The predicted octanol–water partition coefficient (Wildman–Crippen LogP) is 3.40. The van der Waals surface area contributed by atoms with E-state index in [0.29, 0.717) is 12.2 Å². The molecule has 0 bridgehead atoms. The summed E-state index contributed by atoms with van der Waals surface area (Å²) in [5, 5.41) is 0. The monoisotopic (exact) mass is 263 g/mol. The van der Waals surface area contributed by atoms with E-state index in [1.54, 1.807) is 19.2 Å². The van der Waals surface area contributed by atoms with Gasteiger partial charge in [0.2, 0.25) is 0 Å². The highest BCUT2D eigenvalue weighted by Gasteiger charge is 2.09. The normalized spacial score (nSPS) is 10.7. The molecule has 2 aromatic rings. The maximum atomic E-state index is 13.8. The molecule has 2 rings (SSSR count). The third-order valence-electron chi connectivity index (χ3n) is 2.95. The highest BCUT2D eigenvalue weighted by Crippen LogP contribution is 2.26. The first kappa shape index (κ1) is 13.5. The van der Waals surface area contributed by atoms with Crippen LogP contribution in [0, 0.1) is 11.6 Å². The summed E-state index contributed by atoms with van der Waals surface area (Å²) in [6.45, 7) is 0.629. The fraction of sp³-hybridized carbons (Fsp3) is 0.200. The van der Waals surface area contributed by atoms with Crippen molar-refractivity contribution in [2.45, 2.75) is 6.42 Å². The van der Waals surface area contributed by atoms with Crippen LogP contribution < -0.4 is 5.73 Å². The molecule has 0 aliphatic carbocycles. The van der Waals surface area contributed by atoms with E-state index >= 15 is 0 Å². The molecule has 0 saturated carbocycles. The Labute approximate surface area is 110 Å². The number of ether oxygens (including phenoxy) is 1. The van der Waals surface area contributed by atoms with Gasteiger partial charge < -0.3 is 10.5 Å². The van der Waals surface area contributed by atoms with Gasteiger partial charge in [0.05, 0.1) is 12.3 Å². The number of rotatable bonds is 4. The fourth-order valence-corrected chi connectivity index (χ4v) is 1.85. The Balaban J connectivity index is 2.29. The average molecular weight is 263 g/mol. The van der Waals surface area contributed by atoms with Gasteiger partial charge in [-0.25, -0.2) is 8.78 Å². The Morgan fingerprint density at radius 2 is 1.74 bits per heavy atom. The van der Waals surface area contributed by atoms with Crippen LogP contribution in [-0.2, 0) is 11.2 Å². The molecule has 0 radical (unpaired) electrons. The summed E-state index contributed by atoms with van der Waals surface area (Å²) < 4.78 is 32.1. The van der Waals surface area contributed by atoms with Crippen molar-refractivity contribution in [2.24, 2.45) is 0 Å². The van der Waals surface area contributed by atoms with Gasteiger partial charge in [-0.1, -0.05) is 24.3 Å². The van der Waals surface area contributed by atoms with Gasteiger partial charge in [-0.3, -0.25) is 0 Å². The molecular formula is C15H15F2NO. The molecule has 0 atom stereocenters. The zero-order valence-electron chi connectivity index (χ0n) is 10.6. The zero-order chi connectivity index (χ0) is 13.8. The Morgan fingerprint density at radius 1 is 1.05 bits per heavy atom. The summed E-state index contributed by atoms with van der Waals surface area (Å²) in [5.74, 6) is -1.14. The first-order valence-corrected chi connectivity index (χ1v) is 5.94. The largest absolute Gasteiger partial charge is 0.396 e. The minimum absolute atomic E-state index is 0.182. The third-order valence-corrected chi connectivity index (χ3v) is 2.95. The molecule has 2 aromatic carbocycles. The Hall–Kier alpha value is -1.94. The lowest BCUT2D eigenvalue weighted by molar-refractivity contribution is 0.202. The number of nitrogen functional groups attached to an aromatic ring is 1. The third kappa shape index (κ3) is 3.09. The van der Waals surface area contributed by atoms with Gasteiger partial charge >= 0.3 is 0 Å². The Morgan fingerprint density at radius 3 is 2.37 bits per heavy atom. The zero-order valence-corrected chi connectivity index (χ0v) is 10.6. The SMILES string of the molecule is COCCc1ccc(-c2cc(F)c(N)cc2F)cc1. The lowest BCUT2D eigenvalue weighted by Crippen LogP contribution is -1.96. The van der Waals surface area contributed by atoms with Crippen molar-refractivity contribution in [1.29, 1.82) is 0 Å². The molecule has 0 aliphatic heterocycles. The summed E-state index contributed by atoms with van der Waals surface area (Å²) in [5.41, 5.74) is 7.06. The number of halogens is 2. The van der Waals surface area contributed by atoms with E-state index in [1.807, 2.05) is 12.1 Å². The second-order valence-electron chi connectivity index (χ2n) is 4.29. The Kier molecular flexibility index (Phi) is 4.12. The standard InChI is InChI=1S/C15H15F2NO/c1-19-7-6-10-2-4-11(5-3-10)12-8-14(17)15(18)9-13(12)16/h2-5,8-9H,6-7,18H2,1H3. The molecule has 19 heavy (non-hydrogen) atoms. The van der Waals surface area contributed by atoms with Gasteiger partial charge in [0.1, 0.15) is 11.6 Å². The minimum atomic E-state index is -0.611. The van der Waals surface area contributed by atoms with E-state index in [4.69, 9.17) is 10.5 Å². The van der Waals surface area contributed by atoms with E-state index in [-0.39, 0.29) is 11.3 Å². The van der Waals surface area contributed by atoms with Crippen molar-refractivity contribution in [3.63, 3.8) is 0 Å². The quantitative estimate of drug-likeness (QED) is 0.858. The molecule has 2 N–H and O–H groups in total. The van der Waals surface area contributed by atoms with Crippen LogP contribution >= 0.6 is 0 Å². The van der Waals surface area contributed by atoms with Gasteiger partial charge in [-0.2, -0.15) is 0 Å². The topological polar surface area (TPSA) is 35.2 Å². The molecule has 2 nitrogen and oxygen atoms in total. The molecule has 4 heteroatoms. The highest BCUT2D eigenvalue weighted by atomic mass is 19.1. The number of benzene rings is 2. The number of hydrogen-bond donors (Lipinski definition) is 1.